The molecule has 0 bridgehead atoms. The van der Waals surface area contributed by atoms with E-state index in [4.69, 9.17) is 9.47 Å². The molecule has 1 N–H and O–H groups in total. The summed E-state index contributed by atoms with van der Waals surface area (Å²) in [5.74, 6) is -0.164. The van der Waals surface area contributed by atoms with Gasteiger partial charge in [-0.05, 0) is 25.1 Å². The van der Waals surface area contributed by atoms with E-state index in [1.165, 1.54) is 32.6 Å². The first-order valence-corrected chi connectivity index (χ1v) is 7.26. The molecule has 8 nitrogen and oxygen atoms in total. The smallest absolute Gasteiger partial charge is 0.315 e. The molecule has 25 heavy (non-hydrogen) atoms. The molecule has 2 rings (SSSR count). The second-order valence-corrected chi connectivity index (χ2v) is 5.10. The zero-order valence-corrected chi connectivity index (χ0v) is 14.0. The first-order valence-electron chi connectivity index (χ1n) is 7.26. The molecular formula is C17H17N3O5. The number of carbonyl (C=O) groups excluding carboxylic acids is 1. The van der Waals surface area contributed by atoms with E-state index in [0.29, 0.717) is 11.1 Å². The van der Waals surface area contributed by atoms with Crippen LogP contribution in [-0.2, 0) is 0 Å². The molecule has 0 saturated carbocycles. The van der Waals surface area contributed by atoms with Crippen LogP contribution in [0.15, 0.2) is 41.5 Å². The fraction of sp³-hybridized carbons (Fsp3) is 0.176. The highest BCUT2D eigenvalue weighted by atomic mass is 16.6. The highest BCUT2D eigenvalue weighted by Crippen LogP contribution is 2.37. The Labute approximate surface area is 144 Å². The second kappa shape index (κ2) is 7.91. The van der Waals surface area contributed by atoms with Crippen LogP contribution in [-0.4, -0.2) is 31.3 Å². The quantitative estimate of drug-likeness (QED) is 0.493. The van der Waals surface area contributed by atoms with Crippen molar-refractivity contribution in [2.45, 2.75) is 6.92 Å². The molecular weight excluding hydrogens is 326 g/mol. The normalized spacial score (nSPS) is 10.5. The Hall–Kier alpha value is -3.42. The average Bonchev–Trinajstić information content (AvgIpc) is 2.61. The van der Waals surface area contributed by atoms with Gasteiger partial charge >= 0.3 is 5.69 Å². The molecule has 0 aliphatic carbocycles. The van der Waals surface area contributed by atoms with Gasteiger partial charge in [0.25, 0.3) is 5.91 Å². The number of hydrogen-bond acceptors (Lipinski definition) is 6. The Kier molecular flexibility index (Phi) is 5.67. The van der Waals surface area contributed by atoms with Gasteiger partial charge in [0.1, 0.15) is 0 Å². The predicted molar refractivity (Wildman–Crippen MR) is 92.4 cm³/mol. The number of nitro groups is 1. The lowest BCUT2D eigenvalue weighted by Gasteiger charge is -2.08. The molecule has 0 radical (unpaired) electrons. The minimum atomic E-state index is -0.580. The molecule has 2 aromatic carbocycles. The van der Waals surface area contributed by atoms with Crippen molar-refractivity contribution in [1.82, 2.24) is 5.43 Å². The van der Waals surface area contributed by atoms with Crippen molar-refractivity contribution < 1.29 is 19.2 Å². The number of carbonyl (C=O) groups is 1. The maximum Gasteiger partial charge on any atom is 0.315 e. The van der Waals surface area contributed by atoms with Gasteiger partial charge in [0.15, 0.2) is 5.75 Å². The topological polar surface area (TPSA) is 103 Å². The molecule has 8 heteroatoms. The van der Waals surface area contributed by atoms with Gasteiger partial charge in [0, 0.05) is 17.2 Å². The monoisotopic (exact) mass is 343 g/mol. The molecule has 1 amide bonds. The van der Waals surface area contributed by atoms with E-state index in [2.05, 4.69) is 10.5 Å². The molecule has 0 unspecified atom stereocenters. The summed E-state index contributed by atoms with van der Waals surface area (Å²) in [6, 6.07) is 9.80. The van der Waals surface area contributed by atoms with E-state index in [1.54, 1.807) is 12.1 Å². The largest absolute Gasteiger partial charge is 0.493 e. The molecule has 0 atom stereocenters. The number of hydrazone groups is 1. The van der Waals surface area contributed by atoms with Gasteiger partial charge < -0.3 is 9.47 Å². The Morgan fingerprint density at radius 3 is 2.44 bits per heavy atom. The number of aryl methyl sites for hydroxylation is 1. The maximum absolute atomic E-state index is 12.0. The zero-order valence-electron chi connectivity index (χ0n) is 14.0. The number of ether oxygens (including phenoxy) is 2. The Bertz CT molecular complexity index is 816. The van der Waals surface area contributed by atoms with Crippen molar-refractivity contribution >= 4 is 17.8 Å². The fourth-order valence-corrected chi connectivity index (χ4v) is 2.11. The summed E-state index contributed by atoms with van der Waals surface area (Å²) in [6.45, 7) is 1.92. The van der Waals surface area contributed by atoms with Crippen LogP contribution in [0.5, 0.6) is 11.5 Å². The molecule has 130 valence electrons. The van der Waals surface area contributed by atoms with Gasteiger partial charge in [-0.15, -0.1) is 0 Å². The van der Waals surface area contributed by atoms with Crippen LogP contribution in [0.1, 0.15) is 21.5 Å². The molecule has 0 spiro atoms. The minimum absolute atomic E-state index is 0.0216. The van der Waals surface area contributed by atoms with Gasteiger partial charge in [-0.25, -0.2) is 5.43 Å². The van der Waals surface area contributed by atoms with E-state index in [9.17, 15) is 14.9 Å². The summed E-state index contributed by atoms with van der Waals surface area (Å²) in [5.41, 5.74) is 4.00. The number of nitrogens with one attached hydrogen (secondary N) is 1. The molecule has 0 aromatic heterocycles. The van der Waals surface area contributed by atoms with Crippen molar-refractivity contribution in [1.29, 1.82) is 0 Å². The van der Waals surface area contributed by atoms with Crippen molar-refractivity contribution in [2.24, 2.45) is 5.10 Å². The van der Waals surface area contributed by atoms with Gasteiger partial charge in [-0.1, -0.05) is 17.7 Å². The average molecular weight is 343 g/mol. The number of rotatable bonds is 6. The number of amides is 1. The summed E-state index contributed by atoms with van der Waals surface area (Å²) in [4.78, 5) is 22.5. The van der Waals surface area contributed by atoms with Gasteiger partial charge in [0.05, 0.1) is 25.4 Å². The number of hydrogen-bond donors (Lipinski definition) is 1. The van der Waals surface area contributed by atoms with Crippen molar-refractivity contribution in [3.63, 3.8) is 0 Å². The molecule has 0 saturated heterocycles. The molecule has 0 aliphatic heterocycles. The van der Waals surface area contributed by atoms with E-state index in [1.807, 2.05) is 19.1 Å². The SMILES string of the molecule is COc1cc(/C=N\NC(=O)c2ccc(C)cc2)cc([N+](=O)[O-])c1OC. The molecule has 0 fully saturated rings. The minimum Gasteiger partial charge on any atom is -0.493 e. The number of nitrogens with zero attached hydrogens (tertiary/aromatic N) is 2. The first kappa shape index (κ1) is 17.9. The summed E-state index contributed by atoms with van der Waals surface area (Å²) in [7, 11) is 2.70. The van der Waals surface area contributed by atoms with Crippen LogP contribution < -0.4 is 14.9 Å². The summed E-state index contributed by atoms with van der Waals surface area (Å²) in [6.07, 6.45) is 1.29. The van der Waals surface area contributed by atoms with E-state index < -0.39 is 4.92 Å². The lowest BCUT2D eigenvalue weighted by Crippen LogP contribution is -2.17. The van der Waals surface area contributed by atoms with Crippen LogP contribution in [0.4, 0.5) is 5.69 Å². The number of methoxy groups -OCH3 is 2. The number of nitro benzene ring substituents is 1. The van der Waals surface area contributed by atoms with Gasteiger partial charge in [-0.2, -0.15) is 5.10 Å². The van der Waals surface area contributed by atoms with Crippen LogP contribution in [0.2, 0.25) is 0 Å². The predicted octanol–water partition coefficient (Wildman–Crippen LogP) is 2.68. The molecule has 0 heterocycles. The van der Waals surface area contributed by atoms with E-state index >= 15 is 0 Å². The second-order valence-electron chi connectivity index (χ2n) is 5.10. The van der Waals surface area contributed by atoms with Crippen LogP contribution in [0.25, 0.3) is 0 Å². The first-order chi connectivity index (χ1) is 12.0. The highest BCUT2D eigenvalue weighted by molar-refractivity contribution is 5.95. The third-order valence-corrected chi connectivity index (χ3v) is 3.37. The fourth-order valence-electron chi connectivity index (χ4n) is 2.11. The van der Waals surface area contributed by atoms with Gasteiger partial charge in [0.2, 0.25) is 5.75 Å². The summed E-state index contributed by atoms with van der Waals surface area (Å²) >= 11 is 0. The summed E-state index contributed by atoms with van der Waals surface area (Å²) in [5, 5.41) is 15.0. The zero-order chi connectivity index (χ0) is 18.4. The highest BCUT2D eigenvalue weighted by Gasteiger charge is 2.21. The van der Waals surface area contributed by atoms with Crippen molar-refractivity contribution in [3.05, 3.63) is 63.2 Å². The van der Waals surface area contributed by atoms with Crippen LogP contribution in [0.3, 0.4) is 0 Å². The molecule has 0 aliphatic rings. The van der Waals surface area contributed by atoms with Gasteiger partial charge in [-0.3, -0.25) is 14.9 Å². The standard InChI is InChI=1S/C17H17N3O5/c1-11-4-6-13(7-5-11)17(21)19-18-10-12-8-14(20(22)23)16(25-3)15(9-12)24-2/h4-10H,1-3H3,(H,19,21)/b18-10-. The maximum atomic E-state index is 12.0. The lowest BCUT2D eigenvalue weighted by molar-refractivity contribution is -0.385. The van der Waals surface area contributed by atoms with Crippen molar-refractivity contribution in [3.8, 4) is 11.5 Å². The Morgan fingerprint density at radius 2 is 1.88 bits per heavy atom. The Morgan fingerprint density at radius 1 is 1.20 bits per heavy atom. The van der Waals surface area contributed by atoms with Crippen LogP contribution in [0, 0.1) is 17.0 Å². The third-order valence-electron chi connectivity index (χ3n) is 3.37. The van der Waals surface area contributed by atoms with Crippen molar-refractivity contribution in [2.75, 3.05) is 14.2 Å². The summed E-state index contributed by atoms with van der Waals surface area (Å²) < 4.78 is 10.1. The van der Waals surface area contributed by atoms with E-state index in [0.717, 1.165) is 5.56 Å². The third kappa shape index (κ3) is 4.31. The number of benzene rings is 2. The lowest BCUT2D eigenvalue weighted by atomic mass is 10.1. The molecule has 2 aromatic rings. The Balaban J connectivity index is 2.20. The van der Waals surface area contributed by atoms with Crippen LogP contribution >= 0.6 is 0 Å². The van der Waals surface area contributed by atoms with E-state index in [-0.39, 0.29) is 23.1 Å².